The normalized spacial score (nSPS) is 10.5. The van der Waals surface area contributed by atoms with Gasteiger partial charge < -0.3 is 14.2 Å². The summed E-state index contributed by atoms with van der Waals surface area (Å²) in [5, 5.41) is 0.774. The van der Waals surface area contributed by atoms with E-state index in [9.17, 15) is 0 Å². The van der Waals surface area contributed by atoms with Gasteiger partial charge in [-0.3, -0.25) is 0 Å². The lowest BCUT2D eigenvalue weighted by molar-refractivity contribution is 0.311. The quantitative estimate of drug-likeness (QED) is 0.716. The van der Waals surface area contributed by atoms with Crippen LogP contribution in [-0.4, -0.2) is 23.7 Å². The molecule has 0 saturated carbocycles. The van der Waals surface area contributed by atoms with Crippen LogP contribution in [0.15, 0.2) is 48.8 Å². The molecule has 0 aliphatic carbocycles. The van der Waals surface area contributed by atoms with Gasteiger partial charge in [0.05, 0.1) is 24.6 Å². The van der Waals surface area contributed by atoms with Gasteiger partial charge in [0, 0.05) is 6.07 Å². The Kier molecular flexibility index (Phi) is 4.05. The second-order valence-electron chi connectivity index (χ2n) is 4.55. The third-order valence-corrected chi connectivity index (χ3v) is 3.14. The molecule has 0 amide bonds. The molecule has 22 heavy (non-hydrogen) atoms. The standard InChI is InChI=1S/C17H16N2O3/c1-3-21-16-9-13-14(10-15(16)20-2)18-11-19-17(13)22-12-7-5-4-6-8-12/h4-11H,3H2,1-2H3. The van der Waals surface area contributed by atoms with Crippen LogP contribution in [0.3, 0.4) is 0 Å². The van der Waals surface area contributed by atoms with Crippen LogP contribution in [0, 0.1) is 0 Å². The maximum absolute atomic E-state index is 5.85. The predicted molar refractivity (Wildman–Crippen MR) is 83.8 cm³/mol. The highest BCUT2D eigenvalue weighted by Crippen LogP contribution is 2.35. The van der Waals surface area contributed by atoms with Gasteiger partial charge in [0.15, 0.2) is 11.5 Å². The van der Waals surface area contributed by atoms with E-state index < -0.39 is 0 Å². The van der Waals surface area contributed by atoms with Crippen LogP contribution in [0.1, 0.15) is 6.92 Å². The molecular formula is C17H16N2O3. The molecule has 0 bridgehead atoms. The number of para-hydroxylation sites is 1. The number of benzene rings is 2. The average molecular weight is 296 g/mol. The van der Waals surface area contributed by atoms with Crippen molar-refractivity contribution < 1.29 is 14.2 Å². The zero-order valence-corrected chi connectivity index (χ0v) is 12.4. The molecule has 1 aromatic heterocycles. The molecule has 0 radical (unpaired) electrons. The van der Waals surface area contributed by atoms with Crippen molar-refractivity contribution in [2.75, 3.05) is 13.7 Å². The molecule has 0 aliphatic heterocycles. The van der Waals surface area contributed by atoms with E-state index in [1.807, 2.05) is 49.4 Å². The summed E-state index contributed by atoms with van der Waals surface area (Å²) < 4.78 is 16.8. The summed E-state index contributed by atoms with van der Waals surface area (Å²) in [6.45, 7) is 2.47. The predicted octanol–water partition coefficient (Wildman–Crippen LogP) is 3.83. The number of ether oxygens (including phenoxy) is 3. The number of nitrogens with zero attached hydrogens (tertiary/aromatic N) is 2. The molecule has 0 aliphatic rings. The fraction of sp³-hybridized carbons (Fsp3) is 0.176. The maximum Gasteiger partial charge on any atom is 0.230 e. The van der Waals surface area contributed by atoms with Gasteiger partial charge in [-0.25, -0.2) is 9.97 Å². The minimum Gasteiger partial charge on any atom is -0.493 e. The van der Waals surface area contributed by atoms with Crippen LogP contribution in [0.4, 0.5) is 0 Å². The van der Waals surface area contributed by atoms with Crippen molar-refractivity contribution in [1.82, 2.24) is 9.97 Å². The second-order valence-corrected chi connectivity index (χ2v) is 4.55. The highest BCUT2D eigenvalue weighted by atomic mass is 16.5. The number of fused-ring (bicyclic) bond motifs is 1. The van der Waals surface area contributed by atoms with Crippen molar-refractivity contribution >= 4 is 10.9 Å². The van der Waals surface area contributed by atoms with E-state index in [1.54, 1.807) is 7.11 Å². The van der Waals surface area contributed by atoms with Crippen LogP contribution in [0.2, 0.25) is 0 Å². The third kappa shape index (κ3) is 2.79. The molecule has 5 heteroatoms. The van der Waals surface area contributed by atoms with Crippen LogP contribution in [0.5, 0.6) is 23.1 Å². The van der Waals surface area contributed by atoms with E-state index in [1.165, 1.54) is 6.33 Å². The Morgan fingerprint density at radius 3 is 2.55 bits per heavy atom. The fourth-order valence-corrected chi connectivity index (χ4v) is 2.15. The SMILES string of the molecule is CCOc1cc2c(Oc3ccccc3)ncnc2cc1OC. The number of rotatable bonds is 5. The molecule has 0 N–H and O–H groups in total. The summed E-state index contributed by atoms with van der Waals surface area (Å²) in [5.74, 6) is 2.49. The van der Waals surface area contributed by atoms with Crippen LogP contribution in [-0.2, 0) is 0 Å². The molecule has 2 aromatic carbocycles. The lowest BCUT2D eigenvalue weighted by Crippen LogP contribution is -1.97. The Hall–Kier alpha value is -2.82. The van der Waals surface area contributed by atoms with E-state index in [4.69, 9.17) is 14.2 Å². The summed E-state index contributed by atoms with van der Waals surface area (Å²) in [4.78, 5) is 8.50. The summed E-state index contributed by atoms with van der Waals surface area (Å²) in [6.07, 6.45) is 1.47. The van der Waals surface area contributed by atoms with E-state index in [0.717, 1.165) is 16.7 Å². The highest BCUT2D eigenvalue weighted by molar-refractivity contribution is 5.87. The molecule has 3 aromatic rings. The Morgan fingerprint density at radius 2 is 1.82 bits per heavy atom. The Bertz CT molecular complexity index is 775. The van der Waals surface area contributed by atoms with Crippen molar-refractivity contribution in [1.29, 1.82) is 0 Å². The zero-order chi connectivity index (χ0) is 15.4. The smallest absolute Gasteiger partial charge is 0.230 e. The summed E-state index contributed by atoms with van der Waals surface area (Å²) in [7, 11) is 1.60. The van der Waals surface area contributed by atoms with Crippen molar-refractivity contribution in [3.63, 3.8) is 0 Å². The molecule has 0 fully saturated rings. The summed E-state index contributed by atoms with van der Waals surface area (Å²) in [5.41, 5.74) is 0.737. The van der Waals surface area contributed by atoms with Crippen molar-refractivity contribution in [3.05, 3.63) is 48.8 Å². The van der Waals surface area contributed by atoms with Gasteiger partial charge in [0.25, 0.3) is 0 Å². The minimum absolute atomic E-state index is 0.486. The summed E-state index contributed by atoms with van der Waals surface area (Å²) >= 11 is 0. The number of hydrogen-bond donors (Lipinski definition) is 0. The van der Waals surface area contributed by atoms with E-state index in [0.29, 0.717) is 24.0 Å². The van der Waals surface area contributed by atoms with E-state index in [2.05, 4.69) is 9.97 Å². The van der Waals surface area contributed by atoms with Gasteiger partial charge in [0.1, 0.15) is 12.1 Å². The fourth-order valence-electron chi connectivity index (χ4n) is 2.15. The average Bonchev–Trinajstić information content (AvgIpc) is 2.56. The topological polar surface area (TPSA) is 53.5 Å². The lowest BCUT2D eigenvalue weighted by atomic mass is 10.2. The molecular weight excluding hydrogens is 280 g/mol. The first-order chi connectivity index (χ1) is 10.8. The van der Waals surface area contributed by atoms with Crippen LogP contribution >= 0.6 is 0 Å². The van der Waals surface area contributed by atoms with Gasteiger partial charge >= 0.3 is 0 Å². The Balaban J connectivity index is 2.08. The lowest BCUT2D eigenvalue weighted by Gasteiger charge is -2.12. The van der Waals surface area contributed by atoms with Gasteiger partial charge in [-0.05, 0) is 25.1 Å². The van der Waals surface area contributed by atoms with E-state index >= 15 is 0 Å². The van der Waals surface area contributed by atoms with Crippen molar-refractivity contribution in [2.24, 2.45) is 0 Å². The van der Waals surface area contributed by atoms with Gasteiger partial charge in [-0.1, -0.05) is 18.2 Å². The van der Waals surface area contributed by atoms with Crippen molar-refractivity contribution in [3.8, 4) is 23.1 Å². The maximum atomic E-state index is 5.85. The minimum atomic E-state index is 0.486. The molecule has 0 atom stereocenters. The molecule has 0 unspecified atom stereocenters. The molecule has 112 valence electrons. The van der Waals surface area contributed by atoms with Crippen LogP contribution in [0.25, 0.3) is 10.9 Å². The Labute approximate surface area is 128 Å². The monoisotopic (exact) mass is 296 g/mol. The number of aromatic nitrogens is 2. The number of methoxy groups -OCH3 is 1. The second kappa shape index (κ2) is 6.30. The first-order valence-electron chi connectivity index (χ1n) is 7.00. The van der Waals surface area contributed by atoms with Crippen molar-refractivity contribution in [2.45, 2.75) is 6.92 Å². The van der Waals surface area contributed by atoms with Gasteiger partial charge in [0.2, 0.25) is 5.88 Å². The van der Waals surface area contributed by atoms with E-state index in [-0.39, 0.29) is 0 Å². The molecule has 0 spiro atoms. The highest BCUT2D eigenvalue weighted by Gasteiger charge is 2.12. The largest absolute Gasteiger partial charge is 0.493 e. The van der Waals surface area contributed by atoms with Gasteiger partial charge in [-0.15, -0.1) is 0 Å². The third-order valence-electron chi connectivity index (χ3n) is 3.14. The summed E-state index contributed by atoms with van der Waals surface area (Å²) in [6, 6.07) is 13.2. The molecule has 5 nitrogen and oxygen atoms in total. The molecule has 1 heterocycles. The first kappa shape index (κ1) is 14.1. The van der Waals surface area contributed by atoms with Crippen LogP contribution < -0.4 is 14.2 Å². The zero-order valence-electron chi connectivity index (χ0n) is 12.4. The molecule has 0 saturated heterocycles. The number of hydrogen-bond acceptors (Lipinski definition) is 5. The Morgan fingerprint density at radius 1 is 1.00 bits per heavy atom. The first-order valence-corrected chi connectivity index (χ1v) is 7.00. The van der Waals surface area contributed by atoms with Gasteiger partial charge in [-0.2, -0.15) is 0 Å². The molecule has 3 rings (SSSR count).